The molecular weight excluding hydrogens is 764 g/mol. The number of allylic oxidation sites excluding steroid dienone is 2. The number of aromatic nitrogens is 2. The number of thiophene rings is 1. The smallest absolute Gasteiger partial charge is 0.242 e. The monoisotopic (exact) mass is 804 g/mol. The fourth-order valence-corrected chi connectivity index (χ4v) is 11.3. The number of benzene rings is 3. The van der Waals surface area contributed by atoms with Gasteiger partial charge >= 0.3 is 0 Å². The van der Waals surface area contributed by atoms with Gasteiger partial charge in [0.15, 0.2) is 0 Å². The third kappa shape index (κ3) is 5.74. The van der Waals surface area contributed by atoms with Gasteiger partial charge in [-0.25, -0.2) is 4.90 Å². The Morgan fingerprint density at radius 1 is 0.982 bits per heavy atom. The van der Waals surface area contributed by atoms with Crippen LogP contribution in [-0.2, 0) is 32.6 Å². The zero-order valence-electron chi connectivity index (χ0n) is 31.6. The maximum atomic E-state index is 15.2. The molecule has 1 saturated carbocycles. The third-order valence-electron chi connectivity index (χ3n) is 12.7. The van der Waals surface area contributed by atoms with Crippen molar-refractivity contribution in [3.63, 3.8) is 0 Å². The van der Waals surface area contributed by atoms with Gasteiger partial charge in [0.1, 0.15) is 29.6 Å². The van der Waals surface area contributed by atoms with Crippen molar-refractivity contribution < 1.29 is 34.1 Å². The molecule has 6 unspecified atom stereocenters. The van der Waals surface area contributed by atoms with E-state index >= 15 is 4.79 Å². The van der Waals surface area contributed by atoms with Crippen LogP contribution in [0, 0.1) is 36.0 Å². The second-order valence-corrected chi connectivity index (χ2v) is 17.2. The van der Waals surface area contributed by atoms with Crippen molar-refractivity contribution in [2.24, 2.45) is 36.1 Å². The van der Waals surface area contributed by atoms with Crippen molar-refractivity contribution in [2.75, 3.05) is 24.7 Å². The predicted molar refractivity (Wildman–Crippen MR) is 216 cm³/mol. The molecule has 0 radical (unpaired) electrons. The SMILES string of the molecule is Cc1c(-c2cc(N3C(=O)C4CC5C(=CCC6C(=O)N(CCc7ccc(O)cc7)C(=O)C65)C(c5ccccc5OCCO)C4(C)C3=O)n(C)n2)sc2ccc(Cl)cc12. The van der Waals surface area contributed by atoms with Crippen molar-refractivity contribution in [1.29, 1.82) is 0 Å². The number of para-hydroxylation sites is 1. The minimum atomic E-state index is -1.29. The van der Waals surface area contributed by atoms with Gasteiger partial charge in [-0.2, -0.15) is 5.10 Å². The van der Waals surface area contributed by atoms with E-state index in [9.17, 15) is 24.6 Å². The van der Waals surface area contributed by atoms with Crippen LogP contribution in [0.2, 0.25) is 5.02 Å². The number of hydrogen-bond acceptors (Lipinski definition) is 9. The molecule has 4 heterocycles. The zero-order valence-corrected chi connectivity index (χ0v) is 33.2. The summed E-state index contributed by atoms with van der Waals surface area (Å²) < 4.78 is 8.69. The largest absolute Gasteiger partial charge is 0.508 e. The fourth-order valence-electron chi connectivity index (χ4n) is 9.99. The molecule has 13 heteroatoms. The molecule has 11 nitrogen and oxygen atoms in total. The molecule has 0 bridgehead atoms. The lowest BCUT2D eigenvalue weighted by Crippen LogP contribution is -2.49. The summed E-state index contributed by atoms with van der Waals surface area (Å²) in [4.78, 5) is 62.2. The number of aliphatic hydroxyl groups excluding tert-OH is 1. The molecule has 9 rings (SSSR count). The zero-order chi connectivity index (χ0) is 39.9. The molecule has 3 aromatic carbocycles. The lowest BCUT2D eigenvalue weighted by atomic mass is 9.51. The summed E-state index contributed by atoms with van der Waals surface area (Å²) in [6.07, 6.45) is 3.00. The number of phenols is 1. The molecule has 0 spiro atoms. The van der Waals surface area contributed by atoms with Gasteiger partial charge in [0.05, 0.1) is 34.7 Å². The Kier molecular flexibility index (Phi) is 9.13. The van der Waals surface area contributed by atoms with E-state index in [2.05, 4.69) is 0 Å². The normalized spacial score (nSPS) is 25.6. The van der Waals surface area contributed by atoms with E-state index < -0.39 is 35.0 Å². The molecular formula is C44H41ClN4O7S. The Morgan fingerprint density at radius 2 is 1.75 bits per heavy atom. The summed E-state index contributed by atoms with van der Waals surface area (Å²) >= 11 is 7.90. The molecule has 2 aromatic heterocycles. The Hall–Kier alpha value is -5.30. The average molecular weight is 805 g/mol. The van der Waals surface area contributed by atoms with Crippen LogP contribution in [0.1, 0.15) is 42.4 Å². The van der Waals surface area contributed by atoms with Crippen LogP contribution in [0.3, 0.4) is 0 Å². The van der Waals surface area contributed by atoms with Gasteiger partial charge < -0.3 is 14.9 Å². The quantitative estimate of drug-likeness (QED) is 0.122. The van der Waals surface area contributed by atoms with Crippen molar-refractivity contribution >= 4 is 62.5 Å². The molecule has 3 fully saturated rings. The number of likely N-dealkylation sites (tertiary alicyclic amines) is 1. The molecule has 4 aliphatic rings. The number of aryl methyl sites for hydroxylation is 2. The molecule has 2 aliphatic carbocycles. The van der Waals surface area contributed by atoms with E-state index in [4.69, 9.17) is 21.4 Å². The van der Waals surface area contributed by atoms with E-state index in [1.165, 1.54) is 9.80 Å². The van der Waals surface area contributed by atoms with Gasteiger partial charge in [0.2, 0.25) is 23.6 Å². The Balaban J connectivity index is 1.12. The first-order chi connectivity index (χ1) is 27.4. The second kappa shape index (κ2) is 14.0. The summed E-state index contributed by atoms with van der Waals surface area (Å²) in [5.74, 6) is -3.56. The number of aromatic hydroxyl groups is 1. The predicted octanol–water partition coefficient (Wildman–Crippen LogP) is 6.81. The van der Waals surface area contributed by atoms with Crippen molar-refractivity contribution in [3.8, 4) is 22.1 Å². The number of nitrogens with zero attached hydrogens (tertiary/aromatic N) is 4. The second-order valence-electron chi connectivity index (χ2n) is 15.7. The number of imide groups is 2. The Morgan fingerprint density at radius 3 is 2.53 bits per heavy atom. The maximum absolute atomic E-state index is 15.2. The summed E-state index contributed by atoms with van der Waals surface area (Å²) in [6.45, 7) is 3.86. The summed E-state index contributed by atoms with van der Waals surface area (Å²) in [5, 5.41) is 25.9. The maximum Gasteiger partial charge on any atom is 0.242 e. The van der Waals surface area contributed by atoms with E-state index in [1.54, 1.807) is 59.5 Å². The number of ether oxygens (including phenoxy) is 1. The Bertz CT molecular complexity index is 2530. The number of halogens is 1. The van der Waals surface area contributed by atoms with Crippen LogP contribution in [0.15, 0.2) is 84.4 Å². The van der Waals surface area contributed by atoms with Crippen molar-refractivity contribution in [3.05, 3.63) is 106 Å². The average Bonchev–Trinajstić information content (AvgIpc) is 3.87. The minimum Gasteiger partial charge on any atom is -0.508 e. The highest BCUT2D eigenvalue weighted by Gasteiger charge is 2.68. The van der Waals surface area contributed by atoms with Crippen LogP contribution in [0.25, 0.3) is 20.7 Å². The number of hydrogen-bond donors (Lipinski definition) is 2. The molecule has 5 aromatic rings. The van der Waals surface area contributed by atoms with Gasteiger partial charge in [0, 0.05) is 40.9 Å². The van der Waals surface area contributed by atoms with E-state index in [0.717, 1.165) is 31.7 Å². The third-order valence-corrected chi connectivity index (χ3v) is 14.3. The molecule has 2 N–H and O–H groups in total. The van der Waals surface area contributed by atoms with Crippen molar-refractivity contribution in [2.45, 2.75) is 39.0 Å². The number of fused-ring (bicyclic) bond motifs is 5. The number of anilines is 1. The molecule has 2 aliphatic heterocycles. The number of carbonyl (C=O) groups is 4. The molecule has 4 amide bonds. The van der Waals surface area contributed by atoms with Gasteiger partial charge in [-0.1, -0.05) is 53.6 Å². The van der Waals surface area contributed by atoms with Gasteiger partial charge in [-0.3, -0.25) is 28.8 Å². The Labute approximate surface area is 338 Å². The highest BCUT2D eigenvalue weighted by atomic mass is 35.5. The first kappa shape index (κ1) is 37.3. The van der Waals surface area contributed by atoms with Crippen molar-refractivity contribution in [1.82, 2.24) is 14.7 Å². The summed E-state index contributed by atoms with van der Waals surface area (Å²) in [6, 6.07) is 21.6. The molecule has 2 saturated heterocycles. The van der Waals surface area contributed by atoms with Crippen LogP contribution in [0.4, 0.5) is 5.82 Å². The molecule has 57 heavy (non-hydrogen) atoms. The highest BCUT2D eigenvalue weighted by Crippen LogP contribution is 2.64. The number of carbonyl (C=O) groups excluding carboxylic acids is 4. The lowest BCUT2D eigenvalue weighted by Gasteiger charge is -2.49. The van der Waals surface area contributed by atoms with Crippen LogP contribution < -0.4 is 9.64 Å². The fraction of sp³-hybridized carbons (Fsp3) is 0.341. The number of aliphatic hydroxyl groups is 1. The standard InChI is InChI=1S/C44H41ClN4O7S/c1-23-30-20-25(45)10-15-35(30)57-39(23)33-22-36(47(3)46-33)49-41(53)32-21-31-27(38(44(32,2)43(49)55)28-6-4-5-7-34(28)56-19-18-50)13-14-29-37(31)42(54)48(40(29)52)17-16-24-8-11-26(51)12-9-24/h4-13,15,20,22,29,31-32,37-38,50-51H,14,16-19,21H2,1-3H3. The van der Waals surface area contributed by atoms with E-state index in [-0.39, 0.29) is 55.6 Å². The number of amides is 4. The summed E-state index contributed by atoms with van der Waals surface area (Å²) in [5.41, 5.74) is 2.76. The lowest BCUT2D eigenvalue weighted by molar-refractivity contribution is -0.140. The van der Waals surface area contributed by atoms with Crippen LogP contribution in [0.5, 0.6) is 11.5 Å². The minimum absolute atomic E-state index is 0.0280. The summed E-state index contributed by atoms with van der Waals surface area (Å²) in [7, 11) is 1.72. The van der Waals surface area contributed by atoms with Crippen LogP contribution in [-0.4, -0.2) is 68.3 Å². The first-order valence-corrected chi connectivity index (χ1v) is 20.4. The van der Waals surface area contributed by atoms with Gasteiger partial charge in [-0.05, 0) is 91.9 Å². The molecule has 292 valence electrons. The van der Waals surface area contributed by atoms with E-state index in [1.807, 2.05) is 56.3 Å². The van der Waals surface area contributed by atoms with E-state index in [0.29, 0.717) is 40.7 Å². The van der Waals surface area contributed by atoms with Gasteiger partial charge in [0.25, 0.3) is 0 Å². The highest BCUT2D eigenvalue weighted by molar-refractivity contribution is 7.22. The topological polar surface area (TPSA) is 142 Å². The van der Waals surface area contributed by atoms with Gasteiger partial charge in [-0.15, -0.1) is 11.3 Å². The van der Waals surface area contributed by atoms with Crippen LogP contribution >= 0.6 is 22.9 Å². The number of rotatable bonds is 9. The first-order valence-electron chi connectivity index (χ1n) is 19.2. The number of phenolic OH excluding ortho intramolecular Hbond substituents is 1. The molecule has 6 atom stereocenters.